The van der Waals surface area contributed by atoms with Crippen LogP contribution in [0.3, 0.4) is 0 Å². The van der Waals surface area contributed by atoms with E-state index >= 15 is 0 Å². The summed E-state index contributed by atoms with van der Waals surface area (Å²) in [7, 11) is 0. The van der Waals surface area contributed by atoms with E-state index in [4.69, 9.17) is 4.74 Å². The lowest BCUT2D eigenvalue weighted by Crippen LogP contribution is -2.39. The highest BCUT2D eigenvalue weighted by atomic mass is 16.6. The Morgan fingerprint density at radius 2 is 1.08 bits per heavy atom. The Balaban J connectivity index is 1.65. The highest BCUT2D eigenvalue weighted by Gasteiger charge is 2.59. The summed E-state index contributed by atoms with van der Waals surface area (Å²) < 4.78 is 4.80. The maximum Gasteiger partial charge on any atom is 0.339 e. The maximum atomic E-state index is 12.9. The van der Waals surface area contributed by atoms with Crippen molar-refractivity contribution in [2.24, 2.45) is 0 Å². The molecule has 0 aromatic heterocycles. The number of nitrogens with zero attached hydrogens (tertiary/aromatic N) is 2. The van der Waals surface area contributed by atoms with Crippen molar-refractivity contribution in [3.8, 4) is 0 Å². The fourth-order valence-electron chi connectivity index (χ4n) is 3.37. The van der Waals surface area contributed by atoms with Crippen LogP contribution in [-0.2, 0) is 27.4 Å². The number of hydrogen-bond donors (Lipinski definition) is 0. The van der Waals surface area contributed by atoms with Gasteiger partial charge in [0, 0.05) is 13.1 Å². The summed E-state index contributed by atoms with van der Waals surface area (Å²) in [6.07, 6.45) is 0. The van der Waals surface area contributed by atoms with E-state index < -0.39 is 24.0 Å². The summed E-state index contributed by atoms with van der Waals surface area (Å²) in [5.74, 6) is -1.32. The van der Waals surface area contributed by atoms with Crippen LogP contribution in [0, 0.1) is 0 Å². The Hall–Kier alpha value is -3.15. The number of esters is 2. The predicted molar refractivity (Wildman–Crippen MR) is 88.0 cm³/mol. The molecule has 2 aromatic rings. The Labute approximate surface area is 144 Å². The molecule has 2 aliphatic heterocycles. The molecule has 126 valence electrons. The van der Waals surface area contributed by atoms with Crippen molar-refractivity contribution in [3.63, 3.8) is 0 Å². The lowest BCUT2D eigenvalue weighted by molar-refractivity contribution is -0.154. The molecule has 0 spiro atoms. The Morgan fingerprint density at radius 3 is 1.48 bits per heavy atom. The largest absolute Gasteiger partial charge is 0.390 e. The lowest BCUT2D eigenvalue weighted by Gasteiger charge is -2.21. The molecule has 2 atom stereocenters. The summed E-state index contributed by atoms with van der Waals surface area (Å²) in [6, 6.07) is 16.7. The SMILES string of the molecule is O=C1OC(=O)C2C1N(Cc1ccccc1)C(=O)N2Cc1ccccc1. The number of fused-ring (bicyclic) bond motifs is 1. The van der Waals surface area contributed by atoms with Crippen LogP contribution in [0.15, 0.2) is 60.7 Å². The molecule has 0 bridgehead atoms. The van der Waals surface area contributed by atoms with Gasteiger partial charge in [-0.25, -0.2) is 14.4 Å². The number of urea groups is 1. The van der Waals surface area contributed by atoms with Crippen LogP contribution in [0.4, 0.5) is 4.79 Å². The number of ether oxygens (including phenoxy) is 1. The first-order chi connectivity index (χ1) is 12.1. The maximum absolute atomic E-state index is 12.9. The number of cyclic esters (lactones) is 2. The van der Waals surface area contributed by atoms with Crippen molar-refractivity contribution in [3.05, 3.63) is 71.8 Å². The van der Waals surface area contributed by atoms with Gasteiger partial charge in [0.05, 0.1) is 0 Å². The monoisotopic (exact) mass is 336 g/mol. The average Bonchev–Trinajstić information content (AvgIpc) is 3.06. The predicted octanol–water partition coefficient (Wildman–Crippen LogP) is 1.94. The molecule has 2 unspecified atom stereocenters. The van der Waals surface area contributed by atoms with Crippen LogP contribution in [0.2, 0.25) is 0 Å². The zero-order valence-corrected chi connectivity index (χ0v) is 13.4. The van der Waals surface area contributed by atoms with Crippen LogP contribution in [0.5, 0.6) is 0 Å². The van der Waals surface area contributed by atoms with Crippen molar-refractivity contribution in [1.29, 1.82) is 0 Å². The summed E-state index contributed by atoms with van der Waals surface area (Å²) in [6.45, 7) is 0.517. The second-order valence-corrected chi connectivity index (χ2v) is 6.14. The summed E-state index contributed by atoms with van der Waals surface area (Å²) >= 11 is 0. The third-order valence-electron chi connectivity index (χ3n) is 4.54. The minimum absolute atomic E-state index is 0.258. The van der Waals surface area contributed by atoms with Gasteiger partial charge in [0.15, 0.2) is 12.1 Å². The van der Waals surface area contributed by atoms with Gasteiger partial charge in [-0.3, -0.25) is 0 Å². The molecular formula is C19H16N2O4. The van der Waals surface area contributed by atoms with Gasteiger partial charge < -0.3 is 14.5 Å². The van der Waals surface area contributed by atoms with Crippen LogP contribution < -0.4 is 0 Å². The van der Waals surface area contributed by atoms with E-state index in [0.717, 1.165) is 11.1 Å². The van der Waals surface area contributed by atoms with Gasteiger partial charge in [-0.05, 0) is 11.1 Å². The Bertz CT molecular complexity index is 754. The molecule has 2 aromatic carbocycles. The zero-order valence-electron chi connectivity index (χ0n) is 13.4. The Kier molecular flexibility index (Phi) is 3.72. The van der Waals surface area contributed by atoms with E-state index in [9.17, 15) is 14.4 Å². The van der Waals surface area contributed by atoms with Gasteiger partial charge in [-0.2, -0.15) is 0 Å². The fraction of sp³-hybridized carbons (Fsp3) is 0.211. The number of carbonyl (C=O) groups is 3. The van der Waals surface area contributed by atoms with Crippen LogP contribution in [0.25, 0.3) is 0 Å². The smallest absolute Gasteiger partial charge is 0.339 e. The highest BCUT2D eigenvalue weighted by Crippen LogP contribution is 2.32. The first-order valence-corrected chi connectivity index (χ1v) is 8.06. The number of rotatable bonds is 4. The quantitative estimate of drug-likeness (QED) is 0.632. The molecule has 2 saturated heterocycles. The minimum atomic E-state index is -0.885. The van der Waals surface area contributed by atoms with Crippen molar-refractivity contribution >= 4 is 18.0 Å². The van der Waals surface area contributed by atoms with E-state index in [1.807, 2.05) is 60.7 Å². The van der Waals surface area contributed by atoms with Crippen LogP contribution >= 0.6 is 0 Å². The van der Waals surface area contributed by atoms with E-state index in [-0.39, 0.29) is 19.1 Å². The van der Waals surface area contributed by atoms with Crippen molar-refractivity contribution in [1.82, 2.24) is 9.80 Å². The molecule has 2 amide bonds. The topological polar surface area (TPSA) is 66.9 Å². The van der Waals surface area contributed by atoms with Crippen molar-refractivity contribution in [2.75, 3.05) is 0 Å². The van der Waals surface area contributed by atoms with Gasteiger partial charge in [0.1, 0.15) is 0 Å². The van der Waals surface area contributed by atoms with E-state index in [0.29, 0.717) is 0 Å². The minimum Gasteiger partial charge on any atom is -0.390 e. The number of benzene rings is 2. The molecule has 2 heterocycles. The van der Waals surface area contributed by atoms with Crippen molar-refractivity contribution < 1.29 is 19.1 Å². The number of hydrogen-bond acceptors (Lipinski definition) is 4. The molecule has 2 fully saturated rings. The molecule has 0 N–H and O–H groups in total. The fourth-order valence-corrected chi connectivity index (χ4v) is 3.37. The average molecular weight is 336 g/mol. The van der Waals surface area contributed by atoms with Gasteiger partial charge in [-0.15, -0.1) is 0 Å². The van der Waals surface area contributed by atoms with E-state index in [2.05, 4.69) is 0 Å². The van der Waals surface area contributed by atoms with E-state index in [1.54, 1.807) is 0 Å². The number of carbonyl (C=O) groups excluding carboxylic acids is 3. The number of amides is 2. The third kappa shape index (κ3) is 2.65. The lowest BCUT2D eigenvalue weighted by atomic mass is 10.1. The van der Waals surface area contributed by atoms with Gasteiger partial charge in [0.2, 0.25) is 0 Å². The van der Waals surface area contributed by atoms with Crippen LogP contribution in [-0.4, -0.2) is 39.9 Å². The molecule has 0 radical (unpaired) electrons. The second kappa shape index (κ2) is 6.05. The molecule has 6 nitrogen and oxygen atoms in total. The summed E-state index contributed by atoms with van der Waals surface area (Å²) in [5.41, 5.74) is 1.78. The molecule has 0 saturated carbocycles. The van der Waals surface area contributed by atoms with Crippen molar-refractivity contribution in [2.45, 2.75) is 25.2 Å². The van der Waals surface area contributed by atoms with E-state index in [1.165, 1.54) is 9.80 Å². The van der Waals surface area contributed by atoms with Gasteiger partial charge >= 0.3 is 18.0 Å². The highest BCUT2D eigenvalue weighted by molar-refractivity contribution is 6.06. The normalized spacial score (nSPS) is 22.3. The first kappa shape index (κ1) is 15.4. The standard InChI is InChI=1S/C19H16N2O4/c22-17-15-16(18(23)25-17)21(12-14-9-5-2-6-10-14)19(24)20(15)11-13-7-3-1-4-8-13/h1-10,15-16H,11-12H2. The Morgan fingerprint density at radius 1 is 0.680 bits per heavy atom. The molecule has 2 aliphatic rings. The molecule has 4 rings (SSSR count). The molecule has 6 heteroatoms. The third-order valence-corrected chi connectivity index (χ3v) is 4.54. The molecular weight excluding hydrogens is 320 g/mol. The zero-order chi connectivity index (χ0) is 17.4. The summed E-state index contributed by atoms with van der Waals surface area (Å²) in [4.78, 5) is 40.1. The van der Waals surface area contributed by atoms with Crippen LogP contribution in [0.1, 0.15) is 11.1 Å². The first-order valence-electron chi connectivity index (χ1n) is 8.06. The molecule has 25 heavy (non-hydrogen) atoms. The molecule has 0 aliphatic carbocycles. The van der Waals surface area contributed by atoms with Gasteiger partial charge in [0.25, 0.3) is 0 Å². The van der Waals surface area contributed by atoms with Gasteiger partial charge in [-0.1, -0.05) is 60.7 Å². The second-order valence-electron chi connectivity index (χ2n) is 6.14. The summed E-state index contributed by atoms with van der Waals surface area (Å²) in [5, 5.41) is 0.